The molecule has 0 aliphatic rings. The van der Waals surface area contributed by atoms with Gasteiger partial charge in [0, 0.05) is 18.7 Å². The van der Waals surface area contributed by atoms with Crippen molar-refractivity contribution in [2.24, 2.45) is 0 Å². The molecule has 0 amide bonds. The Labute approximate surface area is 115 Å². The van der Waals surface area contributed by atoms with Gasteiger partial charge in [-0.25, -0.2) is 0 Å². The van der Waals surface area contributed by atoms with Gasteiger partial charge in [0.15, 0.2) is 5.12 Å². The predicted octanol–water partition coefficient (Wildman–Crippen LogP) is 3.29. The second-order valence-electron chi connectivity index (χ2n) is 3.71. The quantitative estimate of drug-likeness (QED) is 0.454. The second-order valence-corrected chi connectivity index (χ2v) is 4.98. The molecule has 0 radical (unpaired) electrons. The van der Waals surface area contributed by atoms with Gasteiger partial charge in [-0.15, -0.1) is 0 Å². The zero-order chi connectivity index (χ0) is 14.3. The third-order valence-electron chi connectivity index (χ3n) is 2.32. The Morgan fingerprint density at radius 3 is 2.84 bits per heavy atom. The van der Waals surface area contributed by atoms with Crippen LogP contribution in [0.4, 0.5) is 5.69 Å². The SMILES string of the molecule is COc1ccc([N+](=O)[O-])c(C=CCCSC(C)=O)c1. The van der Waals surface area contributed by atoms with Gasteiger partial charge in [-0.3, -0.25) is 14.9 Å². The molecule has 1 rings (SSSR count). The summed E-state index contributed by atoms with van der Waals surface area (Å²) in [6.07, 6.45) is 4.18. The summed E-state index contributed by atoms with van der Waals surface area (Å²) in [5, 5.41) is 11.0. The number of allylic oxidation sites excluding steroid dienone is 1. The molecule has 19 heavy (non-hydrogen) atoms. The Morgan fingerprint density at radius 2 is 2.26 bits per heavy atom. The molecule has 6 heteroatoms. The minimum Gasteiger partial charge on any atom is -0.497 e. The smallest absolute Gasteiger partial charge is 0.276 e. The molecule has 0 bridgehead atoms. The van der Waals surface area contributed by atoms with E-state index in [1.807, 2.05) is 6.08 Å². The molecule has 0 aliphatic carbocycles. The molecule has 0 saturated heterocycles. The lowest BCUT2D eigenvalue weighted by Crippen LogP contribution is -1.93. The van der Waals surface area contributed by atoms with E-state index >= 15 is 0 Å². The number of rotatable bonds is 6. The number of carbonyl (C=O) groups excluding carboxylic acids is 1. The van der Waals surface area contributed by atoms with E-state index in [1.54, 1.807) is 18.2 Å². The summed E-state index contributed by atoms with van der Waals surface area (Å²) in [6, 6.07) is 4.59. The molecule has 0 spiro atoms. The zero-order valence-corrected chi connectivity index (χ0v) is 11.6. The third-order valence-corrected chi connectivity index (χ3v) is 3.16. The number of nitrogens with zero attached hydrogens (tertiary/aromatic N) is 1. The van der Waals surface area contributed by atoms with Crippen LogP contribution in [0.25, 0.3) is 6.08 Å². The number of nitro benzene ring substituents is 1. The van der Waals surface area contributed by atoms with Gasteiger partial charge in [-0.05, 0) is 18.6 Å². The van der Waals surface area contributed by atoms with Crippen molar-refractivity contribution in [1.82, 2.24) is 0 Å². The molecule has 102 valence electrons. The first-order chi connectivity index (χ1) is 9.04. The number of ether oxygens (including phenoxy) is 1. The van der Waals surface area contributed by atoms with E-state index in [-0.39, 0.29) is 10.8 Å². The number of thioether (sulfide) groups is 1. The summed E-state index contributed by atoms with van der Waals surface area (Å²) in [6.45, 7) is 1.52. The van der Waals surface area contributed by atoms with E-state index in [9.17, 15) is 14.9 Å². The van der Waals surface area contributed by atoms with Gasteiger partial charge >= 0.3 is 0 Å². The number of methoxy groups -OCH3 is 1. The summed E-state index contributed by atoms with van der Waals surface area (Å²) in [5.74, 6) is 1.24. The summed E-state index contributed by atoms with van der Waals surface area (Å²) in [4.78, 5) is 21.2. The molecule has 0 N–H and O–H groups in total. The first-order valence-corrected chi connectivity index (χ1v) is 6.65. The number of benzene rings is 1. The lowest BCUT2D eigenvalue weighted by atomic mass is 10.1. The molecule has 1 aromatic rings. The lowest BCUT2D eigenvalue weighted by Gasteiger charge is -2.02. The van der Waals surface area contributed by atoms with Crippen LogP contribution in [0, 0.1) is 10.1 Å². The molecule has 0 atom stereocenters. The maximum absolute atomic E-state index is 10.9. The van der Waals surface area contributed by atoms with E-state index in [1.165, 1.54) is 31.9 Å². The van der Waals surface area contributed by atoms with Crippen molar-refractivity contribution in [1.29, 1.82) is 0 Å². The van der Waals surface area contributed by atoms with Crippen molar-refractivity contribution in [3.8, 4) is 5.75 Å². The average Bonchev–Trinajstić information content (AvgIpc) is 2.37. The standard InChI is InChI=1S/C13H15NO4S/c1-10(15)19-8-4-3-5-11-9-12(18-2)6-7-13(11)14(16)17/h3,5-7,9H,4,8H2,1-2H3. The van der Waals surface area contributed by atoms with Crippen molar-refractivity contribution >= 4 is 28.6 Å². The highest BCUT2D eigenvalue weighted by molar-refractivity contribution is 8.13. The topological polar surface area (TPSA) is 69.4 Å². The summed E-state index contributed by atoms with van der Waals surface area (Å²) in [7, 11) is 1.51. The van der Waals surface area contributed by atoms with Crippen molar-refractivity contribution in [2.45, 2.75) is 13.3 Å². The Balaban J connectivity index is 2.76. The largest absolute Gasteiger partial charge is 0.497 e. The number of hydrogen-bond donors (Lipinski definition) is 0. The molecule has 0 fully saturated rings. The molecule has 0 aliphatic heterocycles. The molecular weight excluding hydrogens is 266 g/mol. The van der Waals surface area contributed by atoms with Crippen LogP contribution in [0.15, 0.2) is 24.3 Å². The summed E-state index contributed by atoms with van der Waals surface area (Å²) in [5.41, 5.74) is 0.536. The zero-order valence-electron chi connectivity index (χ0n) is 10.8. The molecule has 0 unspecified atom stereocenters. The van der Waals surface area contributed by atoms with Crippen LogP contribution in [-0.2, 0) is 4.79 Å². The molecule has 0 aromatic heterocycles. The van der Waals surface area contributed by atoms with Crippen LogP contribution in [0.5, 0.6) is 5.75 Å². The van der Waals surface area contributed by atoms with E-state index in [2.05, 4.69) is 0 Å². The van der Waals surface area contributed by atoms with Crippen LogP contribution >= 0.6 is 11.8 Å². The van der Waals surface area contributed by atoms with Gasteiger partial charge in [0.1, 0.15) is 5.75 Å². The van der Waals surface area contributed by atoms with Gasteiger partial charge < -0.3 is 4.74 Å². The molecule has 1 aromatic carbocycles. The average molecular weight is 281 g/mol. The van der Waals surface area contributed by atoms with Crippen molar-refractivity contribution < 1.29 is 14.5 Å². The Bertz CT molecular complexity index is 499. The number of nitro groups is 1. The van der Waals surface area contributed by atoms with Crippen molar-refractivity contribution in [2.75, 3.05) is 12.9 Å². The Kier molecular flexibility index (Phi) is 6.08. The first kappa shape index (κ1) is 15.2. The van der Waals surface area contributed by atoms with Gasteiger partial charge in [0.25, 0.3) is 5.69 Å². The third kappa shape index (κ3) is 5.13. The van der Waals surface area contributed by atoms with Gasteiger partial charge in [-0.2, -0.15) is 0 Å². The molecule has 0 saturated carbocycles. The van der Waals surface area contributed by atoms with Crippen LogP contribution < -0.4 is 4.74 Å². The van der Waals surface area contributed by atoms with E-state index in [4.69, 9.17) is 4.74 Å². The molecular formula is C13H15NO4S. The molecule has 0 heterocycles. The van der Waals surface area contributed by atoms with Gasteiger partial charge in [-0.1, -0.05) is 23.9 Å². The second kappa shape index (κ2) is 7.58. The minimum atomic E-state index is -0.427. The van der Waals surface area contributed by atoms with Crippen molar-refractivity contribution in [3.63, 3.8) is 0 Å². The van der Waals surface area contributed by atoms with Gasteiger partial charge in [0.2, 0.25) is 0 Å². The highest BCUT2D eigenvalue weighted by Crippen LogP contribution is 2.25. The van der Waals surface area contributed by atoms with Crippen LogP contribution in [0.1, 0.15) is 18.9 Å². The minimum absolute atomic E-state index is 0.0382. The number of hydrogen-bond acceptors (Lipinski definition) is 5. The van der Waals surface area contributed by atoms with Crippen LogP contribution in [0.3, 0.4) is 0 Å². The Hall–Kier alpha value is -1.82. The highest BCUT2D eigenvalue weighted by Gasteiger charge is 2.11. The molecule has 5 nitrogen and oxygen atoms in total. The van der Waals surface area contributed by atoms with Crippen LogP contribution in [0.2, 0.25) is 0 Å². The predicted molar refractivity (Wildman–Crippen MR) is 76.4 cm³/mol. The maximum atomic E-state index is 10.9. The normalized spacial score (nSPS) is 10.6. The summed E-state index contributed by atoms with van der Waals surface area (Å²) < 4.78 is 5.04. The van der Waals surface area contributed by atoms with Crippen LogP contribution in [-0.4, -0.2) is 22.9 Å². The van der Waals surface area contributed by atoms with E-state index in [0.717, 1.165) is 0 Å². The van der Waals surface area contributed by atoms with Crippen molar-refractivity contribution in [3.05, 3.63) is 40.0 Å². The van der Waals surface area contributed by atoms with Gasteiger partial charge in [0.05, 0.1) is 17.6 Å². The van der Waals surface area contributed by atoms with E-state index in [0.29, 0.717) is 23.5 Å². The fraction of sp³-hybridized carbons (Fsp3) is 0.308. The first-order valence-electron chi connectivity index (χ1n) is 5.67. The highest BCUT2D eigenvalue weighted by atomic mass is 32.2. The number of carbonyl (C=O) groups is 1. The fourth-order valence-corrected chi connectivity index (χ4v) is 1.98. The Morgan fingerprint density at radius 1 is 1.53 bits per heavy atom. The fourth-order valence-electron chi connectivity index (χ4n) is 1.44. The lowest BCUT2D eigenvalue weighted by molar-refractivity contribution is -0.385. The maximum Gasteiger partial charge on any atom is 0.276 e. The monoisotopic (exact) mass is 281 g/mol. The summed E-state index contributed by atoms with van der Waals surface area (Å²) >= 11 is 1.24. The van der Waals surface area contributed by atoms with E-state index < -0.39 is 4.92 Å².